The maximum absolute atomic E-state index is 13.0. The topological polar surface area (TPSA) is 118 Å². The van der Waals surface area contributed by atoms with Crippen LogP contribution in [0.15, 0.2) is 47.5 Å². The van der Waals surface area contributed by atoms with Crippen LogP contribution < -0.4 is 10.0 Å². The van der Waals surface area contributed by atoms with Gasteiger partial charge in [-0.15, -0.1) is 0 Å². The van der Waals surface area contributed by atoms with Gasteiger partial charge in [-0.2, -0.15) is 0 Å². The van der Waals surface area contributed by atoms with E-state index in [2.05, 4.69) is 15.0 Å². The highest BCUT2D eigenvalue weighted by molar-refractivity contribution is 7.89. The van der Waals surface area contributed by atoms with Gasteiger partial charge in [0.15, 0.2) is 0 Å². The number of ether oxygens (including phenoxy) is 1. The van der Waals surface area contributed by atoms with E-state index in [0.29, 0.717) is 37.3 Å². The smallest absolute Gasteiger partial charge is 0.253 e. The molecule has 1 saturated heterocycles. The number of nitrogens with zero attached hydrogens (tertiary/aromatic N) is 2. The van der Waals surface area contributed by atoms with Gasteiger partial charge in [0.2, 0.25) is 15.9 Å². The summed E-state index contributed by atoms with van der Waals surface area (Å²) in [6.45, 7) is 3.14. The largest absolute Gasteiger partial charge is 0.383 e. The number of hydrogen-bond donors (Lipinski definition) is 2. The van der Waals surface area contributed by atoms with Crippen molar-refractivity contribution in [3.63, 3.8) is 0 Å². The number of benzene rings is 1. The van der Waals surface area contributed by atoms with Gasteiger partial charge in [0.1, 0.15) is 5.82 Å². The molecule has 10 heteroatoms. The van der Waals surface area contributed by atoms with E-state index in [1.54, 1.807) is 17.2 Å². The third kappa shape index (κ3) is 5.90. The van der Waals surface area contributed by atoms with E-state index >= 15 is 0 Å². The number of rotatable bonds is 8. The van der Waals surface area contributed by atoms with Gasteiger partial charge in [-0.1, -0.05) is 6.07 Å². The molecule has 1 aromatic heterocycles. The van der Waals surface area contributed by atoms with Crippen LogP contribution in [0.1, 0.15) is 28.8 Å². The summed E-state index contributed by atoms with van der Waals surface area (Å²) in [5, 5.41) is 2.85. The van der Waals surface area contributed by atoms with E-state index in [-0.39, 0.29) is 35.8 Å². The fraction of sp³-hybridized carbons (Fsp3) is 0.409. The van der Waals surface area contributed by atoms with Crippen LogP contribution in [0.5, 0.6) is 0 Å². The number of sulfonamides is 1. The maximum Gasteiger partial charge on any atom is 0.253 e. The van der Waals surface area contributed by atoms with Crippen LogP contribution in [0.4, 0.5) is 5.82 Å². The molecule has 1 aromatic carbocycles. The Hall–Kier alpha value is -2.82. The summed E-state index contributed by atoms with van der Waals surface area (Å²) >= 11 is 0. The standard InChI is InChI=1S/C22H28N4O5S/c1-16-5-3-11-23-20(16)25-21(27)18-6-4-13-26(15-18)22(28)17-7-9-19(10-8-17)32(29,30)24-12-14-31-2/h3,5,7-11,18,24H,4,6,12-15H2,1-2H3,(H,23,25,27). The number of pyridine rings is 1. The van der Waals surface area contributed by atoms with Crippen LogP contribution in [0.2, 0.25) is 0 Å². The number of carbonyl (C=O) groups excluding carboxylic acids is 2. The number of carbonyl (C=O) groups is 2. The van der Waals surface area contributed by atoms with Gasteiger partial charge in [0.25, 0.3) is 5.91 Å². The minimum atomic E-state index is -3.67. The monoisotopic (exact) mass is 460 g/mol. The Morgan fingerprint density at radius 2 is 1.97 bits per heavy atom. The molecule has 2 N–H and O–H groups in total. The molecule has 32 heavy (non-hydrogen) atoms. The highest BCUT2D eigenvalue weighted by atomic mass is 32.2. The summed E-state index contributed by atoms with van der Waals surface area (Å²) in [5.74, 6) is -0.198. The third-order valence-corrected chi connectivity index (χ3v) is 6.82. The summed E-state index contributed by atoms with van der Waals surface area (Å²) in [6.07, 6.45) is 3.02. The number of piperidine rings is 1. The van der Waals surface area contributed by atoms with Crippen LogP contribution >= 0.6 is 0 Å². The van der Waals surface area contributed by atoms with Gasteiger partial charge in [0, 0.05) is 38.5 Å². The minimum absolute atomic E-state index is 0.0757. The average molecular weight is 461 g/mol. The van der Waals surface area contributed by atoms with Crippen molar-refractivity contribution in [1.82, 2.24) is 14.6 Å². The van der Waals surface area contributed by atoms with Crippen molar-refractivity contribution in [2.75, 3.05) is 38.7 Å². The lowest BCUT2D eigenvalue weighted by molar-refractivity contribution is -0.121. The number of hydrogen-bond acceptors (Lipinski definition) is 6. The van der Waals surface area contributed by atoms with Crippen molar-refractivity contribution in [3.8, 4) is 0 Å². The molecule has 2 amide bonds. The zero-order valence-electron chi connectivity index (χ0n) is 18.2. The molecular formula is C22H28N4O5S. The highest BCUT2D eigenvalue weighted by Gasteiger charge is 2.29. The number of methoxy groups -OCH3 is 1. The number of nitrogens with one attached hydrogen (secondary N) is 2. The Morgan fingerprint density at radius 1 is 1.22 bits per heavy atom. The second-order valence-corrected chi connectivity index (χ2v) is 9.43. The number of aromatic nitrogens is 1. The van der Waals surface area contributed by atoms with Gasteiger partial charge < -0.3 is 15.0 Å². The van der Waals surface area contributed by atoms with E-state index in [1.165, 1.54) is 31.4 Å². The Morgan fingerprint density at radius 3 is 2.66 bits per heavy atom. The molecule has 0 saturated carbocycles. The predicted molar refractivity (Wildman–Crippen MR) is 120 cm³/mol. The van der Waals surface area contributed by atoms with E-state index in [1.807, 2.05) is 13.0 Å². The first-order chi connectivity index (χ1) is 15.3. The third-order valence-electron chi connectivity index (χ3n) is 5.34. The Bertz CT molecular complexity index is 1060. The molecule has 172 valence electrons. The molecule has 9 nitrogen and oxygen atoms in total. The normalized spacial score (nSPS) is 16.6. The molecule has 2 heterocycles. The summed E-state index contributed by atoms with van der Waals surface area (Å²) in [6, 6.07) is 9.47. The Labute approximate surface area is 188 Å². The maximum atomic E-state index is 13.0. The summed E-state index contributed by atoms with van der Waals surface area (Å²) < 4.78 is 31.8. The van der Waals surface area contributed by atoms with Crippen LogP contribution in [-0.4, -0.2) is 63.5 Å². The zero-order chi connectivity index (χ0) is 23.1. The van der Waals surface area contributed by atoms with Crippen molar-refractivity contribution in [1.29, 1.82) is 0 Å². The first-order valence-electron chi connectivity index (χ1n) is 10.4. The fourth-order valence-corrected chi connectivity index (χ4v) is 4.54. The molecule has 3 rings (SSSR count). The SMILES string of the molecule is COCCNS(=O)(=O)c1ccc(C(=O)N2CCCC(C(=O)Nc3ncccc3C)C2)cc1. The highest BCUT2D eigenvalue weighted by Crippen LogP contribution is 2.21. The Balaban J connectivity index is 1.63. The molecule has 1 atom stereocenters. The lowest BCUT2D eigenvalue weighted by atomic mass is 9.96. The molecular weight excluding hydrogens is 432 g/mol. The molecule has 1 fully saturated rings. The van der Waals surface area contributed by atoms with E-state index in [4.69, 9.17) is 4.74 Å². The second-order valence-electron chi connectivity index (χ2n) is 7.66. The summed E-state index contributed by atoms with van der Waals surface area (Å²) in [5.41, 5.74) is 1.25. The second kappa shape index (κ2) is 10.7. The minimum Gasteiger partial charge on any atom is -0.383 e. The fourth-order valence-electron chi connectivity index (χ4n) is 3.53. The lowest BCUT2D eigenvalue weighted by Crippen LogP contribution is -2.43. The number of anilines is 1. The quantitative estimate of drug-likeness (QED) is 0.580. The van der Waals surface area contributed by atoms with E-state index in [9.17, 15) is 18.0 Å². The summed E-state index contributed by atoms with van der Waals surface area (Å²) in [4.78, 5) is 31.6. The molecule has 0 aliphatic carbocycles. The van der Waals surface area contributed by atoms with Gasteiger partial charge in [0.05, 0.1) is 17.4 Å². The first-order valence-corrected chi connectivity index (χ1v) is 11.9. The van der Waals surface area contributed by atoms with Gasteiger partial charge in [-0.3, -0.25) is 9.59 Å². The Kier molecular flexibility index (Phi) is 7.94. The van der Waals surface area contributed by atoms with Crippen molar-refractivity contribution < 1.29 is 22.7 Å². The number of aryl methyl sites for hydroxylation is 1. The van der Waals surface area contributed by atoms with Gasteiger partial charge >= 0.3 is 0 Å². The average Bonchev–Trinajstić information content (AvgIpc) is 2.80. The zero-order valence-corrected chi connectivity index (χ0v) is 19.0. The van der Waals surface area contributed by atoms with Crippen LogP contribution in [-0.2, 0) is 19.6 Å². The van der Waals surface area contributed by atoms with Crippen molar-refractivity contribution in [2.45, 2.75) is 24.7 Å². The molecule has 2 aromatic rings. The predicted octanol–water partition coefficient (Wildman–Crippen LogP) is 1.81. The molecule has 1 aliphatic rings. The van der Waals surface area contributed by atoms with E-state index < -0.39 is 10.0 Å². The molecule has 0 radical (unpaired) electrons. The number of amides is 2. The molecule has 0 bridgehead atoms. The lowest BCUT2D eigenvalue weighted by Gasteiger charge is -2.32. The van der Waals surface area contributed by atoms with Crippen molar-refractivity contribution in [2.24, 2.45) is 5.92 Å². The van der Waals surface area contributed by atoms with Crippen molar-refractivity contribution >= 4 is 27.7 Å². The molecule has 1 aliphatic heterocycles. The van der Waals surface area contributed by atoms with Crippen LogP contribution in [0, 0.1) is 12.8 Å². The van der Waals surface area contributed by atoms with Crippen LogP contribution in [0.25, 0.3) is 0 Å². The van der Waals surface area contributed by atoms with Gasteiger partial charge in [-0.25, -0.2) is 18.1 Å². The summed E-state index contributed by atoms with van der Waals surface area (Å²) in [7, 11) is -2.18. The molecule has 0 spiro atoms. The van der Waals surface area contributed by atoms with Crippen molar-refractivity contribution in [3.05, 3.63) is 53.7 Å². The van der Waals surface area contributed by atoms with E-state index in [0.717, 1.165) is 5.56 Å². The first kappa shape index (κ1) is 23.8. The van der Waals surface area contributed by atoms with Crippen LogP contribution in [0.3, 0.4) is 0 Å². The number of likely N-dealkylation sites (tertiary alicyclic amines) is 1. The molecule has 1 unspecified atom stereocenters. The van der Waals surface area contributed by atoms with Gasteiger partial charge in [-0.05, 0) is 55.7 Å².